The summed E-state index contributed by atoms with van der Waals surface area (Å²) in [7, 11) is 0. The molecule has 2 heteroatoms. The lowest BCUT2D eigenvalue weighted by molar-refractivity contribution is 0.609. The van der Waals surface area contributed by atoms with Crippen molar-refractivity contribution in [3.8, 4) is 11.1 Å². The molecule has 0 aliphatic heterocycles. The molecule has 0 fully saturated rings. The molecule has 114 valence electrons. The fourth-order valence-corrected chi connectivity index (χ4v) is 2.81. The Morgan fingerprint density at radius 2 is 1.73 bits per heavy atom. The highest BCUT2D eigenvalue weighted by Gasteiger charge is 2.19. The molecule has 0 aromatic heterocycles. The van der Waals surface area contributed by atoms with Crippen molar-refractivity contribution in [2.75, 3.05) is 0 Å². The molecule has 0 saturated heterocycles. The average molecular weight is 298 g/mol. The first-order chi connectivity index (χ1) is 10.4. The van der Waals surface area contributed by atoms with E-state index in [1.54, 1.807) is 32.1 Å². The van der Waals surface area contributed by atoms with Crippen molar-refractivity contribution in [2.24, 2.45) is 0 Å². The minimum Gasteiger partial charge on any atom is -0.206 e. The van der Waals surface area contributed by atoms with Crippen molar-refractivity contribution >= 4 is 5.57 Å². The molecule has 0 saturated carbocycles. The van der Waals surface area contributed by atoms with Crippen LogP contribution >= 0.6 is 0 Å². The standard InChI is InChI=1S/C20H20F2/c1-6-8-12(2)16-11-14(4)19(20(22)15(16)5)18-13(3)9-7-10-17(18)21/h6-11H,1H2,2-5H3/b12-8-. The van der Waals surface area contributed by atoms with E-state index in [1.165, 1.54) is 6.07 Å². The molecule has 22 heavy (non-hydrogen) atoms. The van der Waals surface area contributed by atoms with E-state index in [0.29, 0.717) is 16.7 Å². The zero-order valence-electron chi connectivity index (χ0n) is 13.4. The Labute approximate surface area is 130 Å². The van der Waals surface area contributed by atoms with E-state index in [4.69, 9.17) is 0 Å². The molecular formula is C20H20F2. The van der Waals surface area contributed by atoms with Crippen LogP contribution in [0.5, 0.6) is 0 Å². The van der Waals surface area contributed by atoms with Gasteiger partial charge in [0, 0.05) is 11.1 Å². The molecule has 0 atom stereocenters. The molecule has 0 nitrogen and oxygen atoms in total. The number of benzene rings is 2. The lowest BCUT2D eigenvalue weighted by Crippen LogP contribution is -2.01. The molecule has 0 N–H and O–H groups in total. The predicted molar refractivity (Wildman–Crippen MR) is 89.9 cm³/mol. The zero-order valence-corrected chi connectivity index (χ0v) is 13.4. The topological polar surface area (TPSA) is 0 Å². The second-order valence-corrected chi connectivity index (χ2v) is 5.57. The van der Waals surface area contributed by atoms with E-state index in [1.807, 2.05) is 26.0 Å². The molecule has 0 aliphatic carbocycles. The van der Waals surface area contributed by atoms with E-state index in [9.17, 15) is 8.78 Å². The fourth-order valence-electron chi connectivity index (χ4n) is 2.81. The third-order valence-electron chi connectivity index (χ3n) is 3.97. The van der Waals surface area contributed by atoms with Gasteiger partial charge < -0.3 is 0 Å². The van der Waals surface area contributed by atoms with Crippen LogP contribution in [-0.2, 0) is 0 Å². The summed E-state index contributed by atoms with van der Waals surface area (Å²) in [5, 5.41) is 0. The van der Waals surface area contributed by atoms with Crippen LogP contribution in [0.25, 0.3) is 16.7 Å². The quantitative estimate of drug-likeness (QED) is 0.596. The zero-order chi connectivity index (χ0) is 16.4. The Morgan fingerprint density at radius 3 is 2.32 bits per heavy atom. The number of rotatable bonds is 3. The van der Waals surface area contributed by atoms with Gasteiger partial charge in [0.15, 0.2) is 0 Å². The van der Waals surface area contributed by atoms with Gasteiger partial charge in [-0.25, -0.2) is 8.78 Å². The van der Waals surface area contributed by atoms with Crippen LogP contribution in [0.2, 0.25) is 0 Å². The Kier molecular flexibility index (Phi) is 4.60. The van der Waals surface area contributed by atoms with Gasteiger partial charge in [0.25, 0.3) is 0 Å². The minimum absolute atomic E-state index is 0.345. The summed E-state index contributed by atoms with van der Waals surface area (Å²) in [6.45, 7) is 10.9. The Hall–Kier alpha value is -2.22. The second-order valence-electron chi connectivity index (χ2n) is 5.57. The summed E-state index contributed by atoms with van der Waals surface area (Å²) >= 11 is 0. The van der Waals surface area contributed by atoms with Gasteiger partial charge in [0.2, 0.25) is 0 Å². The fraction of sp³-hybridized carbons (Fsp3) is 0.200. The van der Waals surface area contributed by atoms with E-state index in [-0.39, 0.29) is 5.82 Å². The molecule has 0 amide bonds. The monoisotopic (exact) mass is 298 g/mol. The van der Waals surface area contributed by atoms with Crippen LogP contribution in [0.15, 0.2) is 43.0 Å². The third-order valence-corrected chi connectivity index (χ3v) is 3.97. The molecule has 0 aliphatic rings. The molecule has 2 rings (SSSR count). The largest absolute Gasteiger partial charge is 0.206 e. The summed E-state index contributed by atoms with van der Waals surface area (Å²) < 4.78 is 29.2. The molecular weight excluding hydrogens is 278 g/mol. The van der Waals surface area contributed by atoms with E-state index in [0.717, 1.165) is 22.3 Å². The van der Waals surface area contributed by atoms with Gasteiger partial charge in [0.1, 0.15) is 11.6 Å². The molecule has 0 radical (unpaired) electrons. The van der Waals surface area contributed by atoms with E-state index in [2.05, 4.69) is 6.58 Å². The van der Waals surface area contributed by atoms with Gasteiger partial charge in [-0.05, 0) is 61.6 Å². The van der Waals surface area contributed by atoms with Gasteiger partial charge in [0.05, 0.1) is 0 Å². The first kappa shape index (κ1) is 16.2. The van der Waals surface area contributed by atoms with Crippen molar-refractivity contribution in [3.05, 3.63) is 76.9 Å². The van der Waals surface area contributed by atoms with Crippen molar-refractivity contribution in [1.82, 2.24) is 0 Å². The second kappa shape index (κ2) is 6.27. The van der Waals surface area contributed by atoms with Gasteiger partial charge >= 0.3 is 0 Å². The normalized spacial score (nSPS) is 11.6. The summed E-state index contributed by atoms with van der Waals surface area (Å²) in [5.41, 5.74) is 4.44. The van der Waals surface area contributed by atoms with Crippen LogP contribution in [0.3, 0.4) is 0 Å². The average Bonchev–Trinajstić information content (AvgIpc) is 2.46. The Balaban J connectivity index is 2.79. The summed E-state index contributed by atoms with van der Waals surface area (Å²) in [5.74, 6) is -0.757. The highest BCUT2D eigenvalue weighted by Crippen LogP contribution is 2.36. The smallest absolute Gasteiger partial charge is 0.134 e. The number of aryl methyl sites for hydroxylation is 2. The van der Waals surface area contributed by atoms with Crippen LogP contribution < -0.4 is 0 Å². The number of halogens is 2. The number of hydrogen-bond donors (Lipinski definition) is 0. The highest BCUT2D eigenvalue weighted by atomic mass is 19.1. The van der Waals surface area contributed by atoms with Gasteiger partial charge in [-0.1, -0.05) is 36.9 Å². The Morgan fingerprint density at radius 1 is 1.05 bits per heavy atom. The molecule has 0 bridgehead atoms. The van der Waals surface area contributed by atoms with Crippen LogP contribution in [-0.4, -0.2) is 0 Å². The molecule has 0 unspecified atom stereocenters. The van der Waals surface area contributed by atoms with Gasteiger partial charge in [-0.2, -0.15) is 0 Å². The lowest BCUT2D eigenvalue weighted by Gasteiger charge is -2.17. The van der Waals surface area contributed by atoms with Gasteiger partial charge in [-0.3, -0.25) is 0 Å². The highest BCUT2D eigenvalue weighted by molar-refractivity contribution is 5.77. The van der Waals surface area contributed by atoms with Crippen molar-refractivity contribution in [1.29, 1.82) is 0 Å². The van der Waals surface area contributed by atoms with Crippen molar-refractivity contribution in [2.45, 2.75) is 27.7 Å². The van der Waals surface area contributed by atoms with Crippen LogP contribution in [0.4, 0.5) is 8.78 Å². The maximum Gasteiger partial charge on any atom is 0.134 e. The van der Waals surface area contributed by atoms with E-state index >= 15 is 0 Å². The summed E-state index contributed by atoms with van der Waals surface area (Å²) in [6, 6.07) is 6.71. The minimum atomic E-state index is -0.396. The number of allylic oxidation sites excluding steroid dienone is 3. The molecule has 0 spiro atoms. The first-order valence-electron chi connectivity index (χ1n) is 7.23. The number of hydrogen-bond acceptors (Lipinski definition) is 0. The van der Waals surface area contributed by atoms with E-state index < -0.39 is 5.82 Å². The van der Waals surface area contributed by atoms with Crippen LogP contribution in [0, 0.1) is 32.4 Å². The lowest BCUT2D eigenvalue weighted by atomic mass is 9.89. The SMILES string of the molecule is C=C/C=C(/C)c1cc(C)c(-c2c(C)cccc2F)c(F)c1C. The predicted octanol–water partition coefficient (Wildman–Crippen LogP) is 6.15. The van der Waals surface area contributed by atoms with Gasteiger partial charge in [-0.15, -0.1) is 0 Å². The van der Waals surface area contributed by atoms with Crippen molar-refractivity contribution in [3.63, 3.8) is 0 Å². The maximum absolute atomic E-state index is 14.9. The first-order valence-corrected chi connectivity index (χ1v) is 7.23. The van der Waals surface area contributed by atoms with Crippen LogP contribution in [0.1, 0.15) is 29.2 Å². The third kappa shape index (κ3) is 2.74. The molecule has 2 aromatic rings. The van der Waals surface area contributed by atoms with Crippen molar-refractivity contribution < 1.29 is 8.78 Å². The Bertz CT molecular complexity index is 748. The maximum atomic E-state index is 14.9. The molecule has 0 heterocycles. The molecule has 2 aromatic carbocycles. The summed E-state index contributed by atoms with van der Waals surface area (Å²) in [6.07, 6.45) is 3.52. The summed E-state index contributed by atoms with van der Waals surface area (Å²) in [4.78, 5) is 0.